The summed E-state index contributed by atoms with van der Waals surface area (Å²) in [7, 11) is 3.43. The highest BCUT2D eigenvalue weighted by Crippen LogP contribution is 2.32. The van der Waals surface area contributed by atoms with Gasteiger partial charge in [0.15, 0.2) is 5.65 Å². The number of pyridine rings is 1. The molecular formula is C17H19N5O2. The van der Waals surface area contributed by atoms with E-state index in [0.717, 1.165) is 16.8 Å². The monoisotopic (exact) mass is 325 g/mol. The van der Waals surface area contributed by atoms with Gasteiger partial charge in [-0.1, -0.05) is 13.0 Å². The van der Waals surface area contributed by atoms with Crippen molar-refractivity contribution >= 4 is 28.3 Å². The number of methoxy groups -OCH3 is 1. The summed E-state index contributed by atoms with van der Waals surface area (Å²) < 4.78 is 6.95. The van der Waals surface area contributed by atoms with Crippen molar-refractivity contribution in [1.29, 1.82) is 0 Å². The number of primary amides is 1. The number of nitrogens with one attached hydrogen (secondary N) is 1. The minimum atomic E-state index is -0.541. The zero-order chi connectivity index (χ0) is 17.3. The zero-order valence-electron chi connectivity index (χ0n) is 13.8. The number of hydrogen-bond donors (Lipinski definition) is 2. The average Bonchev–Trinajstić information content (AvgIpc) is 2.91. The summed E-state index contributed by atoms with van der Waals surface area (Å²) in [5.41, 5.74) is 8.82. The highest BCUT2D eigenvalue weighted by atomic mass is 16.5. The molecule has 0 saturated heterocycles. The molecule has 2 heterocycles. The van der Waals surface area contributed by atoms with Gasteiger partial charge in [0, 0.05) is 25.0 Å². The Balaban J connectivity index is 2.23. The van der Waals surface area contributed by atoms with E-state index in [1.54, 1.807) is 11.8 Å². The molecule has 0 spiro atoms. The van der Waals surface area contributed by atoms with E-state index in [0.29, 0.717) is 29.1 Å². The summed E-state index contributed by atoms with van der Waals surface area (Å²) in [5, 5.41) is 8.57. The molecule has 0 radical (unpaired) electrons. The zero-order valence-corrected chi connectivity index (χ0v) is 13.8. The van der Waals surface area contributed by atoms with Crippen molar-refractivity contribution < 1.29 is 9.53 Å². The molecule has 1 aromatic carbocycles. The van der Waals surface area contributed by atoms with Crippen LogP contribution in [0.4, 0.5) is 11.4 Å². The number of benzene rings is 1. The average molecular weight is 325 g/mol. The SMILES string of the molecule is CCc1nn(C)c2ncc(C(N)=O)c(Nc3cccc(OC)c3)c12. The molecule has 0 aliphatic carbocycles. The van der Waals surface area contributed by atoms with Crippen molar-refractivity contribution in [3.8, 4) is 5.75 Å². The van der Waals surface area contributed by atoms with Crippen LogP contribution in [0.3, 0.4) is 0 Å². The molecule has 3 rings (SSSR count). The summed E-state index contributed by atoms with van der Waals surface area (Å²) in [6, 6.07) is 7.46. The fourth-order valence-corrected chi connectivity index (χ4v) is 2.71. The second-order valence-corrected chi connectivity index (χ2v) is 5.39. The van der Waals surface area contributed by atoms with Crippen molar-refractivity contribution in [1.82, 2.24) is 14.8 Å². The number of anilines is 2. The van der Waals surface area contributed by atoms with Crippen molar-refractivity contribution in [3.63, 3.8) is 0 Å². The van der Waals surface area contributed by atoms with Crippen LogP contribution in [0.5, 0.6) is 5.75 Å². The summed E-state index contributed by atoms with van der Waals surface area (Å²) in [6.45, 7) is 2.01. The van der Waals surface area contributed by atoms with E-state index in [-0.39, 0.29) is 0 Å². The summed E-state index contributed by atoms with van der Waals surface area (Å²) in [5.74, 6) is 0.175. The Hall–Kier alpha value is -3.09. The van der Waals surface area contributed by atoms with Gasteiger partial charge < -0.3 is 15.8 Å². The molecule has 2 aromatic heterocycles. The van der Waals surface area contributed by atoms with Gasteiger partial charge in [0.2, 0.25) is 0 Å². The first-order chi connectivity index (χ1) is 11.5. The smallest absolute Gasteiger partial charge is 0.252 e. The van der Waals surface area contributed by atoms with Gasteiger partial charge in [-0.05, 0) is 18.6 Å². The number of aryl methyl sites for hydroxylation is 2. The molecule has 3 N–H and O–H groups in total. The summed E-state index contributed by atoms with van der Waals surface area (Å²) >= 11 is 0. The predicted octanol–water partition coefficient (Wildman–Crippen LogP) is 2.38. The number of rotatable bonds is 5. The molecule has 0 bridgehead atoms. The third-order valence-electron chi connectivity index (χ3n) is 3.86. The maximum atomic E-state index is 11.9. The summed E-state index contributed by atoms with van der Waals surface area (Å²) in [6.07, 6.45) is 2.20. The number of nitrogens with two attached hydrogens (primary N) is 1. The summed E-state index contributed by atoms with van der Waals surface area (Å²) in [4.78, 5) is 16.2. The van der Waals surface area contributed by atoms with E-state index in [4.69, 9.17) is 10.5 Å². The lowest BCUT2D eigenvalue weighted by atomic mass is 10.1. The van der Waals surface area contributed by atoms with Crippen molar-refractivity contribution in [2.24, 2.45) is 12.8 Å². The number of carbonyl (C=O) groups is 1. The molecule has 0 aliphatic heterocycles. The molecule has 0 fully saturated rings. The molecule has 0 unspecified atom stereocenters. The Morgan fingerprint density at radius 1 is 1.42 bits per heavy atom. The van der Waals surface area contributed by atoms with Gasteiger partial charge in [0.25, 0.3) is 5.91 Å². The first-order valence-corrected chi connectivity index (χ1v) is 7.60. The Kier molecular flexibility index (Phi) is 4.07. The maximum absolute atomic E-state index is 11.9. The molecule has 0 saturated carbocycles. The Labute approximate surface area is 139 Å². The van der Waals surface area contributed by atoms with E-state index in [1.165, 1.54) is 6.20 Å². The number of ether oxygens (including phenoxy) is 1. The number of nitrogens with zero attached hydrogens (tertiary/aromatic N) is 3. The van der Waals surface area contributed by atoms with Crippen LogP contribution in [0.1, 0.15) is 23.0 Å². The lowest BCUT2D eigenvalue weighted by molar-refractivity contribution is 0.100. The minimum Gasteiger partial charge on any atom is -0.497 e. The molecule has 1 amide bonds. The fraction of sp³-hybridized carbons (Fsp3) is 0.235. The van der Waals surface area contributed by atoms with Crippen LogP contribution in [-0.4, -0.2) is 27.8 Å². The first-order valence-electron chi connectivity index (χ1n) is 7.60. The van der Waals surface area contributed by atoms with Gasteiger partial charge in [-0.15, -0.1) is 0 Å². The first kappa shape index (κ1) is 15.8. The van der Waals surface area contributed by atoms with Crippen molar-refractivity contribution in [2.75, 3.05) is 12.4 Å². The molecule has 24 heavy (non-hydrogen) atoms. The molecule has 7 heteroatoms. The van der Waals surface area contributed by atoms with Gasteiger partial charge in [-0.25, -0.2) is 4.98 Å². The van der Waals surface area contributed by atoms with Crippen LogP contribution in [0.15, 0.2) is 30.5 Å². The highest BCUT2D eigenvalue weighted by molar-refractivity contribution is 6.07. The maximum Gasteiger partial charge on any atom is 0.252 e. The predicted molar refractivity (Wildman–Crippen MR) is 92.7 cm³/mol. The second-order valence-electron chi connectivity index (χ2n) is 5.39. The minimum absolute atomic E-state index is 0.327. The van der Waals surface area contributed by atoms with E-state index < -0.39 is 5.91 Å². The fourth-order valence-electron chi connectivity index (χ4n) is 2.71. The normalized spacial score (nSPS) is 10.8. The Morgan fingerprint density at radius 3 is 2.88 bits per heavy atom. The van der Waals surface area contributed by atoms with Crippen molar-refractivity contribution in [3.05, 3.63) is 41.7 Å². The van der Waals surface area contributed by atoms with Gasteiger partial charge in [-0.3, -0.25) is 9.48 Å². The van der Waals surface area contributed by atoms with Crippen LogP contribution in [-0.2, 0) is 13.5 Å². The van der Waals surface area contributed by atoms with Crippen LogP contribution in [0.2, 0.25) is 0 Å². The van der Waals surface area contributed by atoms with E-state index in [9.17, 15) is 4.79 Å². The standard InChI is InChI=1S/C17H19N5O2/c1-4-13-14-15(20-10-6-5-7-11(8-10)24-3)12(16(18)23)9-19-17(14)22(2)21-13/h5-9H,4H2,1-3H3,(H2,18,23)(H,19,20). The third kappa shape index (κ3) is 2.64. The number of fused-ring (bicyclic) bond motifs is 1. The molecule has 124 valence electrons. The largest absolute Gasteiger partial charge is 0.497 e. The van der Waals surface area contributed by atoms with Gasteiger partial charge in [0.1, 0.15) is 5.75 Å². The van der Waals surface area contributed by atoms with E-state index in [2.05, 4.69) is 15.4 Å². The topological polar surface area (TPSA) is 95.1 Å². The lowest BCUT2D eigenvalue weighted by Gasteiger charge is -2.13. The van der Waals surface area contributed by atoms with Crippen molar-refractivity contribution in [2.45, 2.75) is 13.3 Å². The molecule has 0 atom stereocenters. The van der Waals surface area contributed by atoms with Gasteiger partial charge in [-0.2, -0.15) is 5.10 Å². The Morgan fingerprint density at radius 2 is 2.21 bits per heavy atom. The Bertz CT molecular complexity index is 917. The van der Waals surface area contributed by atoms with Crippen LogP contribution in [0.25, 0.3) is 11.0 Å². The second kappa shape index (κ2) is 6.19. The van der Waals surface area contributed by atoms with Gasteiger partial charge >= 0.3 is 0 Å². The highest BCUT2D eigenvalue weighted by Gasteiger charge is 2.19. The number of hydrogen-bond acceptors (Lipinski definition) is 5. The third-order valence-corrected chi connectivity index (χ3v) is 3.86. The van der Waals surface area contributed by atoms with Crippen LogP contribution >= 0.6 is 0 Å². The van der Waals surface area contributed by atoms with E-state index >= 15 is 0 Å². The molecule has 7 nitrogen and oxygen atoms in total. The van der Waals surface area contributed by atoms with Gasteiger partial charge in [0.05, 0.1) is 29.4 Å². The van der Waals surface area contributed by atoms with E-state index in [1.807, 2.05) is 38.2 Å². The quantitative estimate of drug-likeness (QED) is 0.751. The molecule has 3 aromatic rings. The van der Waals surface area contributed by atoms with Crippen LogP contribution < -0.4 is 15.8 Å². The number of aromatic nitrogens is 3. The number of amides is 1. The molecular weight excluding hydrogens is 306 g/mol. The number of carbonyl (C=O) groups excluding carboxylic acids is 1. The van der Waals surface area contributed by atoms with Crippen LogP contribution in [0, 0.1) is 0 Å². The molecule has 0 aliphatic rings. The lowest BCUT2D eigenvalue weighted by Crippen LogP contribution is -2.14.